The third-order valence-electron chi connectivity index (χ3n) is 5.41. The smallest absolute Gasteiger partial charge is 0.264 e. The average molecular weight is 417 g/mol. The summed E-state index contributed by atoms with van der Waals surface area (Å²) < 4.78 is 2.01. The van der Waals surface area contributed by atoms with Gasteiger partial charge in [0.2, 0.25) is 5.91 Å². The van der Waals surface area contributed by atoms with Crippen LogP contribution < -0.4 is 5.32 Å². The molecule has 2 amide bonds. The predicted molar refractivity (Wildman–Crippen MR) is 118 cm³/mol. The van der Waals surface area contributed by atoms with Gasteiger partial charge < -0.3 is 10.2 Å². The predicted octanol–water partition coefficient (Wildman–Crippen LogP) is 4.33. The van der Waals surface area contributed by atoms with Crippen molar-refractivity contribution >= 4 is 39.9 Å². The van der Waals surface area contributed by atoms with E-state index < -0.39 is 6.04 Å². The molecule has 30 heavy (non-hydrogen) atoms. The molecule has 0 unspecified atom stereocenters. The maximum absolute atomic E-state index is 12.9. The lowest BCUT2D eigenvalue weighted by Crippen LogP contribution is -2.42. The minimum atomic E-state index is -0.433. The van der Waals surface area contributed by atoms with Crippen LogP contribution in [-0.4, -0.2) is 38.9 Å². The Hall–Kier alpha value is -3.45. The molecule has 7 heteroatoms. The van der Waals surface area contributed by atoms with E-state index in [4.69, 9.17) is 0 Å². The van der Waals surface area contributed by atoms with Crippen LogP contribution in [0.2, 0.25) is 0 Å². The minimum absolute atomic E-state index is 0.0648. The van der Waals surface area contributed by atoms with E-state index in [0.29, 0.717) is 23.5 Å². The molecule has 0 saturated carbocycles. The Bertz CT molecular complexity index is 1200. The van der Waals surface area contributed by atoms with E-state index >= 15 is 0 Å². The van der Waals surface area contributed by atoms with Crippen molar-refractivity contribution in [3.8, 4) is 5.69 Å². The van der Waals surface area contributed by atoms with Gasteiger partial charge in [-0.1, -0.05) is 18.2 Å². The molecule has 1 aliphatic rings. The first-order valence-electron chi connectivity index (χ1n) is 9.88. The van der Waals surface area contributed by atoms with E-state index in [1.165, 1.54) is 11.3 Å². The molecule has 0 radical (unpaired) electrons. The monoisotopic (exact) mass is 416 g/mol. The van der Waals surface area contributed by atoms with Gasteiger partial charge in [-0.3, -0.25) is 14.2 Å². The molecule has 6 nitrogen and oxygen atoms in total. The van der Waals surface area contributed by atoms with E-state index in [9.17, 15) is 9.59 Å². The SMILES string of the molecule is O=C(Nc1ccc(-n2cnc3ccccc32)cc1)[C@@H]1CCCN1C(=O)c1cccs1. The first-order valence-corrected chi connectivity index (χ1v) is 10.8. The second-order valence-corrected chi connectivity index (χ2v) is 8.22. The number of hydrogen-bond donors (Lipinski definition) is 1. The Morgan fingerprint density at radius 1 is 1.03 bits per heavy atom. The number of aromatic nitrogens is 2. The molecular formula is C23H20N4O2S. The largest absolute Gasteiger partial charge is 0.326 e. The second-order valence-electron chi connectivity index (χ2n) is 7.27. The lowest BCUT2D eigenvalue weighted by molar-refractivity contribution is -0.119. The van der Waals surface area contributed by atoms with Crippen molar-refractivity contribution < 1.29 is 9.59 Å². The molecule has 5 rings (SSSR count). The van der Waals surface area contributed by atoms with Gasteiger partial charge in [-0.05, 0) is 60.7 Å². The first kappa shape index (κ1) is 18.6. The maximum Gasteiger partial charge on any atom is 0.264 e. The number of imidazole rings is 1. The highest BCUT2D eigenvalue weighted by molar-refractivity contribution is 7.12. The van der Waals surface area contributed by atoms with Crippen molar-refractivity contribution in [2.75, 3.05) is 11.9 Å². The molecule has 1 aliphatic heterocycles. The molecule has 150 valence electrons. The summed E-state index contributed by atoms with van der Waals surface area (Å²) in [6, 6.07) is 18.8. The highest BCUT2D eigenvalue weighted by Crippen LogP contribution is 2.24. The van der Waals surface area contributed by atoms with Crippen LogP contribution in [0.3, 0.4) is 0 Å². The molecule has 0 bridgehead atoms. The second kappa shape index (κ2) is 7.76. The summed E-state index contributed by atoms with van der Waals surface area (Å²) in [7, 11) is 0. The van der Waals surface area contributed by atoms with Gasteiger partial charge in [0.05, 0.1) is 15.9 Å². The molecule has 2 aromatic carbocycles. The molecule has 1 N–H and O–H groups in total. The number of hydrogen-bond acceptors (Lipinski definition) is 4. The summed E-state index contributed by atoms with van der Waals surface area (Å²) in [4.78, 5) is 32.4. The number of amides is 2. The zero-order valence-electron chi connectivity index (χ0n) is 16.2. The zero-order valence-corrected chi connectivity index (χ0v) is 17.0. The number of fused-ring (bicyclic) bond motifs is 1. The fraction of sp³-hybridized carbons (Fsp3) is 0.174. The Kier molecular flexibility index (Phi) is 4.80. The average Bonchev–Trinajstić information content (AvgIpc) is 3.54. The van der Waals surface area contributed by atoms with Gasteiger partial charge in [-0.15, -0.1) is 11.3 Å². The van der Waals surface area contributed by atoms with Crippen LogP contribution in [0, 0.1) is 0 Å². The Morgan fingerprint density at radius 2 is 1.87 bits per heavy atom. The van der Waals surface area contributed by atoms with Crippen molar-refractivity contribution in [2.24, 2.45) is 0 Å². The number of thiophene rings is 1. The van der Waals surface area contributed by atoms with Crippen LogP contribution >= 0.6 is 11.3 Å². The van der Waals surface area contributed by atoms with Gasteiger partial charge in [0, 0.05) is 17.9 Å². The number of benzene rings is 2. The highest BCUT2D eigenvalue weighted by atomic mass is 32.1. The third-order valence-corrected chi connectivity index (χ3v) is 6.27. The van der Waals surface area contributed by atoms with Gasteiger partial charge in [0.25, 0.3) is 5.91 Å². The van der Waals surface area contributed by atoms with Crippen molar-refractivity contribution in [1.29, 1.82) is 0 Å². The first-order chi connectivity index (χ1) is 14.7. The van der Waals surface area contributed by atoms with Crippen LogP contribution in [0.25, 0.3) is 16.7 Å². The summed E-state index contributed by atoms with van der Waals surface area (Å²) in [6.07, 6.45) is 3.31. The summed E-state index contributed by atoms with van der Waals surface area (Å²) in [5, 5.41) is 4.85. The van der Waals surface area contributed by atoms with Crippen LogP contribution in [0.1, 0.15) is 22.5 Å². The Labute approximate surface area is 177 Å². The molecule has 1 fully saturated rings. The Balaban J connectivity index is 1.31. The molecule has 3 heterocycles. The lowest BCUT2D eigenvalue weighted by Gasteiger charge is -2.23. The maximum atomic E-state index is 12.9. The number of anilines is 1. The fourth-order valence-electron chi connectivity index (χ4n) is 3.92. The van der Waals surface area contributed by atoms with Gasteiger partial charge in [-0.25, -0.2) is 4.98 Å². The number of likely N-dealkylation sites (tertiary alicyclic amines) is 1. The van der Waals surface area contributed by atoms with Crippen molar-refractivity contribution in [1.82, 2.24) is 14.5 Å². The summed E-state index contributed by atoms with van der Waals surface area (Å²) in [6.45, 7) is 0.613. The molecule has 4 aromatic rings. The molecule has 1 atom stereocenters. The fourth-order valence-corrected chi connectivity index (χ4v) is 4.60. The molecule has 2 aromatic heterocycles. The summed E-state index contributed by atoms with van der Waals surface area (Å²) >= 11 is 1.41. The number of rotatable bonds is 4. The van der Waals surface area contributed by atoms with Crippen molar-refractivity contribution in [3.05, 3.63) is 77.2 Å². The molecule has 1 saturated heterocycles. The van der Waals surface area contributed by atoms with Gasteiger partial charge >= 0.3 is 0 Å². The summed E-state index contributed by atoms with van der Waals surface area (Å²) in [5.41, 5.74) is 3.65. The van der Waals surface area contributed by atoms with E-state index in [-0.39, 0.29) is 11.8 Å². The van der Waals surface area contributed by atoms with Gasteiger partial charge in [-0.2, -0.15) is 0 Å². The third kappa shape index (κ3) is 3.37. The van der Waals surface area contributed by atoms with Crippen LogP contribution in [-0.2, 0) is 4.79 Å². The number of carbonyl (C=O) groups is 2. The topological polar surface area (TPSA) is 67.2 Å². The molecule has 0 spiro atoms. The van der Waals surface area contributed by atoms with Gasteiger partial charge in [0.1, 0.15) is 12.4 Å². The van der Waals surface area contributed by atoms with Crippen molar-refractivity contribution in [3.63, 3.8) is 0 Å². The standard InChI is InChI=1S/C23H20N4O2S/c28-22(20-7-3-13-26(20)23(29)21-8-4-14-30-21)25-16-9-11-17(12-10-16)27-15-24-18-5-1-2-6-19(18)27/h1-2,4-6,8-12,14-15,20H,3,7,13H2,(H,25,28)/t20-/m0/s1. The lowest BCUT2D eigenvalue weighted by atomic mass is 10.2. The van der Waals surface area contributed by atoms with E-state index in [2.05, 4.69) is 10.3 Å². The van der Waals surface area contributed by atoms with Crippen LogP contribution in [0.4, 0.5) is 5.69 Å². The number of para-hydroxylation sites is 2. The minimum Gasteiger partial charge on any atom is -0.326 e. The molecule has 0 aliphatic carbocycles. The highest BCUT2D eigenvalue weighted by Gasteiger charge is 2.34. The van der Waals surface area contributed by atoms with E-state index in [1.807, 2.05) is 64.5 Å². The van der Waals surface area contributed by atoms with Gasteiger partial charge in [0.15, 0.2) is 0 Å². The number of carbonyl (C=O) groups excluding carboxylic acids is 2. The zero-order chi connectivity index (χ0) is 20.5. The number of nitrogens with one attached hydrogen (secondary N) is 1. The molecular weight excluding hydrogens is 396 g/mol. The van der Waals surface area contributed by atoms with Crippen molar-refractivity contribution in [2.45, 2.75) is 18.9 Å². The van der Waals surface area contributed by atoms with E-state index in [0.717, 1.165) is 23.1 Å². The van der Waals surface area contributed by atoms with E-state index in [1.54, 1.807) is 17.3 Å². The quantitative estimate of drug-likeness (QED) is 0.538. The normalized spacial score (nSPS) is 16.1. The van der Waals surface area contributed by atoms with Crippen LogP contribution in [0.15, 0.2) is 72.4 Å². The summed E-state index contributed by atoms with van der Waals surface area (Å²) in [5.74, 6) is -0.205. The number of nitrogens with zero attached hydrogens (tertiary/aromatic N) is 3. The van der Waals surface area contributed by atoms with Crippen LogP contribution in [0.5, 0.6) is 0 Å². The Morgan fingerprint density at radius 3 is 2.67 bits per heavy atom.